The highest BCUT2D eigenvalue weighted by Crippen LogP contribution is 2.21. The van der Waals surface area contributed by atoms with E-state index in [0.717, 1.165) is 16.7 Å². The molecule has 2 aromatic heterocycles. The van der Waals surface area contributed by atoms with E-state index in [0.29, 0.717) is 11.2 Å². The molecular weight excluding hydrogens is 218 g/mol. The number of nitrogens with one attached hydrogen (secondary N) is 1. The predicted octanol–water partition coefficient (Wildman–Crippen LogP) is 1.91. The summed E-state index contributed by atoms with van der Waals surface area (Å²) >= 11 is 0. The van der Waals surface area contributed by atoms with Crippen LogP contribution in [0.5, 0.6) is 0 Å². The van der Waals surface area contributed by atoms with Crippen LogP contribution in [-0.4, -0.2) is 27.7 Å². The number of benzene rings is 1. The molecule has 0 aliphatic heterocycles. The molecular formula is C12H11N3O2. The Hall–Kier alpha value is -2.30. The molecule has 86 valence electrons. The molecule has 0 radical (unpaired) electrons. The molecule has 0 bridgehead atoms. The number of aromatic nitrogens is 3. The van der Waals surface area contributed by atoms with Gasteiger partial charge in [-0.25, -0.2) is 14.3 Å². The molecule has 0 unspecified atom stereocenters. The smallest absolute Gasteiger partial charge is 0.343 e. The van der Waals surface area contributed by atoms with Crippen molar-refractivity contribution >= 4 is 22.6 Å². The molecule has 3 rings (SSSR count). The molecule has 0 amide bonds. The average Bonchev–Trinajstić information content (AvgIpc) is 2.83. The van der Waals surface area contributed by atoms with Crippen molar-refractivity contribution in [2.45, 2.75) is 6.92 Å². The van der Waals surface area contributed by atoms with Crippen molar-refractivity contribution < 1.29 is 9.53 Å². The van der Waals surface area contributed by atoms with E-state index in [1.807, 2.05) is 31.2 Å². The molecule has 5 heteroatoms. The molecule has 3 aromatic rings. The Morgan fingerprint density at radius 1 is 1.41 bits per heavy atom. The van der Waals surface area contributed by atoms with Crippen LogP contribution in [0.15, 0.2) is 24.3 Å². The number of carbonyl (C=O) groups is 1. The number of hydrogen-bond donors (Lipinski definition) is 1. The SMILES string of the molecule is COC(=O)c1c(C)[nH]n2c1nc1ccccc12. The second-order valence-electron chi connectivity index (χ2n) is 3.86. The Balaban J connectivity index is 2.43. The molecule has 2 heterocycles. The quantitative estimate of drug-likeness (QED) is 0.648. The molecule has 0 aliphatic rings. The first-order valence-corrected chi connectivity index (χ1v) is 5.26. The second kappa shape index (κ2) is 3.35. The number of H-pyrrole nitrogens is 1. The number of ether oxygens (including phenoxy) is 1. The van der Waals surface area contributed by atoms with Crippen LogP contribution in [0, 0.1) is 6.92 Å². The van der Waals surface area contributed by atoms with E-state index in [1.165, 1.54) is 7.11 Å². The maximum absolute atomic E-state index is 11.7. The summed E-state index contributed by atoms with van der Waals surface area (Å²) in [4.78, 5) is 16.1. The number of para-hydroxylation sites is 2. The first-order chi connectivity index (χ1) is 8.22. The summed E-state index contributed by atoms with van der Waals surface area (Å²) in [7, 11) is 1.37. The number of hydrogen-bond acceptors (Lipinski definition) is 3. The van der Waals surface area contributed by atoms with Crippen LogP contribution >= 0.6 is 0 Å². The highest BCUT2D eigenvalue weighted by atomic mass is 16.5. The Bertz CT molecular complexity index is 724. The van der Waals surface area contributed by atoms with Gasteiger partial charge in [0.1, 0.15) is 5.56 Å². The maximum atomic E-state index is 11.7. The lowest BCUT2D eigenvalue weighted by atomic mass is 10.2. The zero-order valence-corrected chi connectivity index (χ0v) is 9.52. The Morgan fingerprint density at radius 2 is 2.18 bits per heavy atom. The second-order valence-corrected chi connectivity index (χ2v) is 3.86. The molecule has 1 N–H and O–H groups in total. The summed E-state index contributed by atoms with van der Waals surface area (Å²) in [5.41, 5.74) is 3.65. The number of nitrogens with zero attached hydrogens (tertiary/aromatic N) is 2. The molecule has 0 aliphatic carbocycles. The van der Waals surface area contributed by atoms with Gasteiger partial charge in [0.15, 0.2) is 5.65 Å². The molecule has 5 nitrogen and oxygen atoms in total. The molecule has 17 heavy (non-hydrogen) atoms. The van der Waals surface area contributed by atoms with E-state index in [1.54, 1.807) is 4.52 Å². The average molecular weight is 229 g/mol. The number of esters is 1. The summed E-state index contributed by atoms with van der Waals surface area (Å²) in [5.74, 6) is -0.371. The van der Waals surface area contributed by atoms with Crippen molar-refractivity contribution in [2.75, 3.05) is 7.11 Å². The van der Waals surface area contributed by atoms with Crippen LogP contribution in [-0.2, 0) is 4.74 Å². The fourth-order valence-electron chi connectivity index (χ4n) is 2.04. The van der Waals surface area contributed by atoms with Gasteiger partial charge in [0.25, 0.3) is 0 Å². The molecule has 0 atom stereocenters. The summed E-state index contributed by atoms with van der Waals surface area (Å²) in [6.07, 6.45) is 0. The molecule has 1 aromatic carbocycles. The Kier molecular flexibility index (Phi) is 1.95. The first kappa shape index (κ1) is 9.89. The fraction of sp³-hybridized carbons (Fsp3) is 0.167. The minimum Gasteiger partial charge on any atom is -0.465 e. The van der Waals surface area contributed by atoms with Gasteiger partial charge in [-0.1, -0.05) is 12.1 Å². The third-order valence-electron chi connectivity index (χ3n) is 2.83. The van der Waals surface area contributed by atoms with Crippen molar-refractivity contribution in [1.29, 1.82) is 0 Å². The Morgan fingerprint density at radius 3 is 2.94 bits per heavy atom. The summed E-state index contributed by atoms with van der Waals surface area (Å²) < 4.78 is 6.57. The van der Waals surface area contributed by atoms with Crippen LogP contribution < -0.4 is 0 Å². The largest absolute Gasteiger partial charge is 0.465 e. The van der Waals surface area contributed by atoms with E-state index >= 15 is 0 Å². The summed E-state index contributed by atoms with van der Waals surface area (Å²) in [5, 5.41) is 3.12. The third-order valence-corrected chi connectivity index (χ3v) is 2.83. The van der Waals surface area contributed by atoms with Crippen molar-refractivity contribution in [3.05, 3.63) is 35.5 Å². The van der Waals surface area contributed by atoms with Gasteiger partial charge in [-0.2, -0.15) is 0 Å². The number of imidazole rings is 1. The molecule has 0 saturated carbocycles. The zero-order valence-electron chi connectivity index (χ0n) is 9.52. The van der Waals surface area contributed by atoms with Gasteiger partial charge in [-0.3, -0.25) is 5.10 Å². The summed E-state index contributed by atoms with van der Waals surface area (Å²) in [6, 6.07) is 7.71. The van der Waals surface area contributed by atoms with Crippen molar-refractivity contribution in [1.82, 2.24) is 14.6 Å². The lowest BCUT2D eigenvalue weighted by Crippen LogP contribution is -2.02. The van der Waals surface area contributed by atoms with E-state index in [-0.39, 0.29) is 5.97 Å². The van der Waals surface area contributed by atoms with Gasteiger partial charge in [0.05, 0.1) is 18.1 Å². The van der Waals surface area contributed by atoms with Gasteiger partial charge in [0.2, 0.25) is 0 Å². The normalized spacial score (nSPS) is 11.2. The van der Waals surface area contributed by atoms with E-state index in [2.05, 4.69) is 10.1 Å². The predicted molar refractivity (Wildman–Crippen MR) is 63.1 cm³/mol. The highest BCUT2D eigenvalue weighted by molar-refractivity contribution is 5.99. The van der Waals surface area contributed by atoms with E-state index in [4.69, 9.17) is 4.74 Å². The maximum Gasteiger partial charge on any atom is 0.343 e. The molecule has 0 fully saturated rings. The van der Waals surface area contributed by atoms with Gasteiger partial charge in [0, 0.05) is 5.69 Å². The van der Waals surface area contributed by atoms with Gasteiger partial charge >= 0.3 is 5.97 Å². The van der Waals surface area contributed by atoms with Crippen molar-refractivity contribution in [2.24, 2.45) is 0 Å². The number of rotatable bonds is 1. The number of aromatic amines is 1. The summed E-state index contributed by atoms with van der Waals surface area (Å²) in [6.45, 7) is 1.83. The van der Waals surface area contributed by atoms with Crippen LogP contribution in [0.25, 0.3) is 16.7 Å². The molecule has 0 saturated heterocycles. The standard InChI is InChI=1S/C12H11N3O2/c1-7-10(12(16)17-2)11-13-8-5-3-4-6-9(8)15(11)14-7/h3-6,14H,1-2H3. The lowest BCUT2D eigenvalue weighted by Gasteiger charge is -1.95. The lowest BCUT2D eigenvalue weighted by molar-refractivity contribution is 0.0602. The topological polar surface area (TPSA) is 59.4 Å². The van der Waals surface area contributed by atoms with Crippen LogP contribution in [0.4, 0.5) is 0 Å². The van der Waals surface area contributed by atoms with Gasteiger partial charge < -0.3 is 4.74 Å². The highest BCUT2D eigenvalue weighted by Gasteiger charge is 2.20. The number of fused-ring (bicyclic) bond motifs is 3. The fourth-order valence-corrected chi connectivity index (χ4v) is 2.04. The van der Waals surface area contributed by atoms with Crippen LogP contribution in [0.1, 0.15) is 16.1 Å². The van der Waals surface area contributed by atoms with Crippen LogP contribution in [0.3, 0.4) is 0 Å². The van der Waals surface area contributed by atoms with Gasteiger partial charge in [-0.15, -0.1) is 0 Å². The number of aryl methyl sites for hydroxylation is 1. The zero-order chi connectivity index (χ0) is 12.0. The Labute approximate surface area is 97.0 Å². The van der Waals surface area contributed by atoms with E-state index < -0.39 is 0 Å². The van der Waals surface area contributed by atoms with Crippen LogP contribution in [0.2, 0.25) is 0 Å². The van der Waals surface area contributed by atoms with Crippen molar-refractivity contribution in [3.8, 4) is 0 Å². The minimum atomic E-state index is -0.371. The van der Waals surface area contributed by atoms with E-state index in [9.17, 15) is 4.79 Å². The molecule has 0 spiro atoms. The number of carbonyl (C=O) groups excluding carboxylic acids is 1. The van der Waals surface area contributed by atoms with Crippen molar-refractivity contribution in [3.63, 3.8) is 0 Å². The third kappa shape index (κ3) is 1.25. The van der Waals surface area contributed by atoms with Gasteiger partial charge in [-0.05, 0) is 19.1 Å². The minimum absolute atomic E-state index is 0.371. The number of methoxy groups -OCH3 is 1. The first-order valence-electron chi connectivity index (χ1n) is 5.26. The monoisotopic (exact) mass is 229 g/mol.